The van der Waals surface area contributed by atoms with E-state index in [2.05, 4.69) is 57.1 Å². The van der Waals surface area contributed by atoms with Gasteiger partial charge < -0.3 is 24.7 Å². The molecule has 10 nitrogen and oxygen atoms in total. The van der Waals surface area contributed by atoms with E-state index in [1.807, 2.05) is 24.0 Å². The maximum absolute atomic E-state index is 17.7. The van der Waals surface area contributed by atoms with Crippen molar-refractivity contribution in [1.29, 1.82) is 0 Å². The van der Waals surface area contributed by atoms with Crippen molar-refractivity contribution in [3.05, 3.63) is 47.7 Å². The highest BCUT2D eigenvalue weighted by Gasteiger charge is 2.50. The number of ether oxygens (including phenoxy) is 1. The average molecular weight is 804 g/mol. The molecule has 6 heterocycles. The van der Waals surface area contributed by atoms with Crippen LogP contribution in [-0.2, 0) is 6.42 Å². The predicted octanol–water partition coefficient (Wildman–Crippen LogP) is 8.85. The number of pyridine rings is 1. The first-order valence-corrected chi connectivity index (χ1v) is 23.0. The van der Waals surface area contributed by atoms with Gasteiger partial charge >= 0.3 is 12.0 Å². The van der Waals surface area contributed by atoms with Crippen molar-refractivity contribution in [3.63, 3.8) is 0 Å². The molecule has 306 valence electrons. The van der Waals surface area contributed by atoms with Gasteiger partial charge in [-0.15, -0.1) is 0 Å². The number of fused-ring (bicyclic) bond motifs is 3. The minimum Gasteiger partial charge on any atom is -0.543 e. The highest BCUT2D eigenvalue weighted by atomic mass is 28.4. The van der Waals surface area contributed by atoms with Crippen LogP contribution in [0.15, 0.2) is 30.5 Å². The van der Waals surface area contributed by atoms with E-state index in [4.69, 9.17) is 24.1 Å². The molecule has 2 amide bonds. The number of carbonyl (C=O) groups is 1. The molecule has 3 atom stereocenters. The van der Waals surface area contributed by atoms with Gasteiger partial charge in [-0.3, -0.25) is 9.88 Å². The Morgan fingerprint density at radius 2 is 1.77 bits per heavy atom. The number of alkyl halides is 1. The lowest BCUT2D eigenvalue weighted by Gasteiger charge is -2.42. The number of halogens is 3. The van der Waals surface area contributed by atoms with Gasteiger partial charge in [0.05, 0.1) is 16.5 Å². The van der Waals surface area contributed by atoms with Crippen molar-refractivity contribution in [3.8, 4) is 23.0 Å². The Balaban J connectivity index is 1.29. The van der Waals surface area contributed by atoms with E-state index < -0.39 is 31.4 Å². The molecule has 2 aromatic heterocycles. The summed E-state index contributed by atoms with van der Waals surface area (Å²) in [5.41, 5.74) is 0.842. The van der Waals surface area contributed by atoms with Gasteiger partial charge in [0.15, 0.2) is 5.82 Å². The summed E-state index contributed by atoms with van der Waals surface area (Å²) >= 11 is 0. The lowest BCUT2D eigenvalue weighted by molar-refractivity contribution is 0.107. The summed E-state index contributed by atoms with van der Waals surface area (Å²) < 4.78 is 61.6. The lowest BCUT2D eigenvalue weighted by Crippen LogP contribution is -2.56. The normalized spacial score (nSPS) is 24.1. The molecule has 4 aliphatic rings. The van der Waals surface area contributed by atoms with Crippen LogP contribution in [0.1, 0.15) is 86.1 Å². The molecule has 4 aliphatic heterocycles. The predicted molar refractivity (Wildman–Crippen MR) is 221 cm³/mol. The van der Waals surface area contributed by atoms with Gasteiger partial charge in [0.25, 0.3) is 8.32 Å². The molecule has 4 aromatic rings. The molecule has 2 aromatic carbocycles. The Hall–Kier alpha value is -4.17. The monoisotopic (exact) mass is 803 g/mol. The molecule has 0 aliphatic carbocycles. The first-order chi connectivity index (χ1) is 27.2. The molecule has 57 heavy (non-hydrogen) atoms. The van der Waals surface area contributed by atoms with Gasteiger partial charge in [0.2, 0.25) is 0 Å². The molecule has 0 unspecified atom stereocenters. The SMILES string of the molecule is CCc1c(F)ccc2cc(O[Si](C(C)C)(C(C)C)C(C)C)cc(-c3ncc4c(N5CCC[C@@]6(CNC(=O)N6)C5)nc(OC[C@@]56CCCN5C[C@H](F)C6)nc4c3F)c12. The summed E-state index contributed by atoms with van der Waals surface area (Å²) in [6.07, 6.45) is 4.72. The first kappa shape index (κ1) is 39.6. The molecule has 14 heteroatoms. The third kappa shape index (κ3) is 6.77. The number of rotatable bonds is 11. The second-order valence-electron chi connectivity index (χ2n) is 17.9. The molecule has 0 saturated carbocycles. The summed E-state index contributed by atoms with van der Waals surface area (Å²) in [6.45, 7) is 18.1. The molecule has 8 rings (SSSR count). The van der Waals surface area contributed by atoms with E-state index in [1.54, 1.807) is 12.3 Å². The van der Waals surface area contributed by atoms with E-state index >= 15 is 8.78 Å². The third-order valence-corrected chi connectivity index (χ3v) is 19.5. The van der Waals surface area contributed by atoms with Gasteiger partial charge in [0, 0.05) is 44.4 Å². The zero-order valence-electron chi connectivity index (χ0n) is 34.3. The fourth-order valence-electron chi connectivity index (χ4n) is 10.9. The minimum atomic E-state index is -2.45. The Morgan fingerprint density at radius 1 is 1.02 bits per heavy atom. The van der Waals surface area contributed by atoms with Crippen molar-refractivity contribution in [2.75, 3.05) is 44.2 Å². The summed E-state index contributed by atoms with van der Waals surface area (Å²) in [5.74, 6) is 0.00911. The lowest BCUT2D eigenvalue weighted by atomic mass is 9.90. The van der Waals surface area contributed by atoms with Crippen molar-refractivity contribution >= 4 is 41.8 Å². The van der Waals surface area contributed by atoms with Crippen LogP contribution in [0.5, 0.6) is 11.8 Å². The molecular weight excluding hydrogens is 748 g/mol. The van der Waals surface area contributed by atoms with Crippen molar-refractivity contribution in [2.45, 2.75) is 121 Å². The second-order valence-corrected chi connectivity index (χ2v) is 23.2. The van der Waals surface area contributed by atoms with Crippen LogP contribution >= 0.6 is 0 Å². The smallest absolute Gasteiger partial charge is 0.319 e. The summed E-state index contributed by atoms with van der Waals surface area (Å²) in [4.78, 5) is 31.0. The molecule has 2 N–H and O–H groups in total. The summed E-state index contributed by atoms with van der Waals surface area (Å²) in [7, 11) is -2.45. The second kappa shape index (κ2) is 14.9. The van der Waals surface area contributed by atoms with Gasteiger partial charge in [-0.1, -0.05) is 54.5 Å². The number of aryl methyl sites for hydroxylation is 1. The average Bonchev–Trinajstić information content (AvgIpc) is 3.83. The number of anilines is 1. The van der Waals surface area contributed by atoms with Crippen LogP contribution in [0.2, 0.25) is 16.6 Å². The van der Waals surface area contributed by atoms with Gasteiger partial charge in [-0.05, 0) is 89.8 Å². The van der Waals surface area contributed by atoms with E-state index in [0.29, 0.717) is 89.1 Å². The standard InChI is InChI=1S/C43H56F3N7O3Si/c1-8-31-34(45)12-11-28-17-30(56-57(25(2)3,26(4)5)27(6)7)18-32(35(28)31)37-36(46)38-33(20-47-37)39(52-15-9-13-42(23-52)22-48-40(54)51-42)50-41(49-38)55-24-43-14-10-16-53(43)21-29(44)19-43/h11-12,17-18,20,25-27,29H,8-10,13-16,19,21-24H2,1-7H3,(H2,48,51,54)/t29-,42-,43+/m1/s1. The summed E-state index contributed by atoms with van der Waals surface area (Å²) in [5, 5.41) is 7.72. The highest BCUT2D eigenvalue weighted by Crippen LogP contribution is 2.46. The number of carbonyl (C=O) groups excluding carboxylic acids is 1. The quantitative estimate of drug-likeness (QED) is 0.145. The minimum absolute atomic E-state index is 0.00546. The van der Waals surface area contributed by atoms with Gasteiger partial charge in [0.1, 0.15) is 41.4 Å². The molecule has 0 bridgehead atoms. The van der Waals surface area contributed by atoms with Crippen LogP contribution in [0.25, 0.3) is 32.9 Å². The van der Waals surface area contributed by atoms with E-state index in [0.717, 1.165) is 37.6 Å². The Morgan fingerprint density at radius 3 is 2.47 bits per heavy atom. The zero-order valence-corrected chi connectivity index (χ0v) is 35.3. The molecule has 4 fully saturated rings. The molecule has 0 radical (unpaired) electrons. The molecular formula is C43H56F3N7O3Si. The van der Waals surface area contributed by atoms with Gasteiger partial charge in [-0.25, -0.2) is 18.0 Å². The van der Waals surface area contributed by atoms with E-state index in [9.17, 15) is 9.18 Å². The number of benzene rings is 2. The zero-order chi connectivity index (χ0) is 40.4. The van der Waals surface area contributed by atoms with E-state index in [1.165, 1.54) is 6.07 Å². The number of hydrogen-bond donors (Lipinski definition) is 2. The number of aromatic nitrogens is 3. The van der Waals surface area contributed by atoms with Crippen molar-refractivity contribution < 1.29 is 27.1 Å². The van der Waals surface area contributed by atoms with Crippen LogP contribution in [0.3, 0.4) is 0 Å². The fraction of sp³-hybridized carbons (Fsp3) is 0.581. The van der Waals surface area contributed by atoms with Gasteiger partial charge in [-0.2, -0.15) is 9.97 Å². The summed E-state index contributed by atoms with van der Waals surface area (Å²) in [6, 6.07) is 6.76. The number of urea groups is 1. The van der Waals surface area contributed by atoms with Crippen LogP contribution < -0.4 is 24.7 Å². The largest absolute Gasteiger partial charge is 0.543 e. The van der Waals surface area contributed by atoms with Crippen LogP contribution in [0, 0.1) is 11.6 Å². The Bertz CT molecular complexity index is 2190. The highest BCUT2D eigenvalue weighted by molar-refractivity contribution is 6.78. The number of piperidine rings is 1. The van der Waals surface area contributed by atoms with Crippen LogP contribution in [0.4, 0.5) is 23.8 Å². The number of hydrogen-bond acceptors (Lipinski definition) is 8. The maximum Gasteiger partial charge on any atom is 0.319 e. The first-order valence-electron chi connectivity index (χ1n) is 20.8. The number of nitrogens with zero attached hydrogens (tertiary/aromatic N) is 5. The number of nitrogens with one attached hydrogen (secondary N) is 2. The van der Waals surface area contributed by atoms with Crippen molar-refractivity contribution in [1.82, 2.24) is 30.5 Å². The fourth-order valence-corrected chi connectivity index (χ4v) is 16.2. The topological polar surface area (TPSA) is 105 Å². The number of amides is 2. The van der Waals surface area contributed by atoms with Crippen molar-refractivity contribution in [2.24, 2.45) is 0 Å². The Labute approximate surface area is 334 Å². The van der Waals surface area contributed by atoms with E-state index in [-0.39, 0.29) is 35.7 Å². The molecule has 4 saturated heterocycles. The third-order valence-electron chi connectivity index (χ3n) is 13.5. The molecule has 1 spiro atoms. The van der Waals surface area contributed by atoms with Crippen LogP contribution in [-0.4, -0.2) is 90.8 Å². The maximum atomic E-state index is 17.7. The Kier molecular flexibility index (Phi) is 10.4.